The van der Waals surface area contributed by atoms with Crippen LogP contribution in [0.4, 0.5) is 0 Å². The number of fused-ring (bicyclic) bond motifs is 1. The first kappa shape index (κ1) is 16.3. The van der Waals surface area contributed by atoms with Crippen molar-refractivity contribution in [2.24, 2.45) is 5.73 Å². The van der Waals surface area contributed by atoms with Crippen molar-refractivity contribution in [3.05, 3.63) is 42.5 Å². The van der Waals surface area contributed by atoms with Gasteiger partial charge in [0.15, 0.2) is 0 Å². The first-order chi connectivity index (χ1) is 9.18. The summed E-state index contributed by atoms with van der Waals surface area (Å²) in [5.41, 5.74) is 5.45. The van der Waals surface area contributed by atoms with Gasteiger partial charge in [-0.15, -0.1) is 12.4 Å². The average Bonchev–Trinajstić information content (AvgIpc) is 2.43. The maximum Gasteiger partial charge on any atom is 0.236 e. The summed E-state index contributed by atoms with van der Waals surface area (Å²) in [6.45, 7) is 2.52. The molecule has 0 saturated heterocycles. The Kier molecular flexibility index (Phi) is 6.28. The lowest BCUT2D eigenvalue weighted by Crippen LogP contribution is -2.40. The highest BCUT2D eigenvalue weighted by molar-refractivity contribution is 5.88. The number of nitrogens with one attached hydrogen (secondary N) is 1. The van der Waals surface area contributed by atoms with E-state index in [1.165, 1.54) is 0 Å². The topological polar surface area (TPSA) is 64.4 Å². The molecule has 0 heterocycles. The molecule has 1 amide bonds. The molecule has 108 valence electrons. The normalized spacial score (nSPS) is 11.5. The van der Waals surface area contributed by atoms with Crippen molar-refractivity contribution in [3.63, 3.8) is 0 Å². The van der Waals surface area contributed by atoms with Crippen LogP contribution >= 0.6 is 12.4 Å². The van der Waals surface area contributed by atoms with Crippen LogP contribution in [0.2, 0.25) is 0 Å². The molecule has 0 spiro atoms. The standard InChI is InChI=1S/C15H18N2O2.ClH/c1-11(16)15(18)17-9-10-19-14-8-4-6-12-5-2-3-7-13(12)14;/h2-8,11H,9-10,16H2,1H3,(H,17,18);1H/t11-;/m1./s1. The minimum absolute atomic E-state index is 0. The lowest BCUT2D eigenvalue weighted by atomic mass is 10.1. The van der Waals surface area contributed by atoms with Gasteiger partial charge in [-0.25, -0.2) is 0 Å². The Hall–Kier alpha value is -1.78. The Morgan fingerprint density at radius 3 is 2.70 bits per heavy atom. The van der Waals surface area contributed by atoms with Gasteiger partial charge < -0.3 is 15.8 Å². The molecule has 0 bridgehead atoms. The van der Waals surface area contributed by atoms with E-state index in [9.17, 15) is 4.79 Å². The Labute approximate surface area is 124 Å². The summed E-state index contributed by atoms with van der Waals surface area (Å²) in [7, 11) is 0. The maximum atomic E-state index is 11.3. The van der Waals surface area contributed by atoms with Crippen LogP contribution in [0.15, 0.2) is 42.5 Å². The Bertz CT molecular complexity index is 567. The molecule has 2 rings (SSSR count). The van der Waals surface area contributed by atoms with Gasteiger partial charge in [-0.2, -0.15) is 0 Å². The number of hydrogen-bond acceptors (Lipinski definition) is 3. The van der Waals surface area contributed by atoms with Crippen LogP contribution in [0.5, 0.6) is 5.75 Å². The highest BCUT2D eigenvalue weighted by Crippen LogP contribution is 2.24. The molecule has 3 N–H and O–H groups in total. The number of ether oxygens (including phenoxy) is 1. The van der Waals surface area contributed by atoms with Crippen LogP contribution in [0, 0.1) is 0 Å². The molecule has 20 heavy (non-hydrogen) atoms. The largest absolute Gasteiger partial charge is 0.491 e. The fraction of sp³-hybridized carbons (Fsp3) is 0.267. The van der Waals surface area contributed by atoms with E-state index in [2.05, 4.69) is 5.32 Å². The SMILES string of the molecule is C[C@@H](N)C(=O)NCCOc1cccc2ccccc12.Cl. The molecule has 0 fully saturated rings. The van der Waals surface area contributed by atoms with E-state index in [4.69, 9.17) is 10.5 Å². The molecular formula is C15H19ClN2O2. The van der Waals surface area contributed by atoms with Gasteiger partial charge in [-0.3, -0.25) is 4.79 Å². The zero-order chi connectivity index (χ0) is 13.7. The van der Waals surface area contributed by atoms with Crippen molar-refractivity contribution in [3.8, 4) is 5.75 Å². The lowest BCUT2D eigenvalue weighted by molar-refractivity contribution is -0.122. The third-order valence-corrected chi connectivity index (χ3v) is 2.82. The molecule has 1 atom stereocenters. The number of amides is 1. The van der Waals surface area contributed by atoms with E-state index in [-0.39, 0.29) is 18.3 Å². The minimum Gasteiger partial charge on any atom is -0.491 e. The molecule has 2 aromatic carbocycles. The third-order valence-electron chi connectivity index (χ3n) is 2.82. The summed E-state index contributed by atoms with van der Waals surface area (Å²) < 4.78 is 5.69. The maximum absolute atomic E-state index is 11.3. The van der Waals surface area contributed by atoms with Crippen LogP contribution in [0.3, 0.4) is 0 Å². The van der Waals surface area contributed by atoms with E-state index < -0.39 is 6.04 Å². The quantitative estimate of drug-likeness (QED) is 0.830. The first-order valence-electron chi connectivity index (χ1n) is 6.32. The number of halogens is 1. The highest BCUT2D eigenvalue weighted by atomic mass is 35.5. The van der Waals surface area contributed by atoms with Crippen molar-refractivity contribution < 1.29 is 9.53 Å². The lowest BCUT2D eigenvalue weighted by Gasteiger charge is -2.11. The van der Waals surface area contributed by atoms with Gasteiger partial charge in [0.25, 0.3) is 0 Å². The number of carbonyl (C=O) groups excluding carboxylic acids is 1. The molecule has 0 radical (unpaired) electrons. The molecule has 0 aliphatic carbocycles. The third kappa shape index (κ3) is 4.11. The average molecular weight is 295 g/mol. The summed E-state index contributed by atoms with van der Waals surface area (Å²) in [4.78, 5) is 11.3. The molecule has 0 saturated carbocycles. The highest BCUT2D eigenvalue weighted by Gasteiger charge is 2.06. The van der Waals surface area contributed by atoms with Crippen LogP contribution in [-0.4, -0.2) is 25.1 Å². The van der Waals surface area contributed by atoms with E-state index in [0.717, 1.165) is 16.5 Å². The fourth-order valence-corrected chi connectivity index (χ4v) is 1.82. The molecule has 4 nitrogen and oxygen atoms in total. The predicted molar refractivity (Wildman–Crippen MR) is 83.4 cm³/mol. The summed E-state index contributed by atoms with van der Waals surface area (Å²) in [6.07, 6.45) is 0. The van der Waals surface area contributed by atoms with Gasteiger partial charge in [0.1, 0.15) is 12.4 Å². The van der Waals surface area contributed by atoms with Gasteiger partial charge in [0.05, 0.1) is 12.6 Å². The predicted octanol–water partition coefficient (Wildman–Crippen LogP) is 2.10. The van der Waals surface area contributed by atoms with Crippen LogP contribution < -0.4 is 15.8 Å². The van der Waals surface area contributed by atoms with Gasteiger partial charge in [-0.1, -0.05) is 36.4 Å². The summed E-state index contributed by atoms with van der Waals surface area (Å²) in [5.74, 6) is 0.662. The zero-order valence-corrected chi connectivity index (χ0v) is 12.2. The number of nitrogens with two attached hydrogens (primary N) is 1. The van der Waals surface area contributed by atoms with Crippen molar-refractivity contribution in [2.45, 2.75) is 13.0 Å². The van der Waals surface area contributed by atoms with Gasteiger partial charge in [0, 0.05) is 5.39 Å². The second-order valence-corrected chi connectivity index (χ2v) is 4.41. The van der Waals surface area contributed by atoms with E-state index >= 15 is 0 Å². The summed E-state index contributed by atoms with van der Waals surface area (Å²) in [5, 5.41) is 4.92. The van der Waals surface area contributed by atoms with Gasteiger partial charge in [0.2, 0.25) is 5.91 Å². The minimum atomic E-state index is -0.488. The Balaban J connectivity index is 0.00000200. The monoisotopic (exact) mass is 294 g/mol. The smallest absolute Gasteiger partial charge is 0.236 e. The number of hydrogen-bond donors (Lipinski definition) is 2. The molecule has 0 aliphatic heterocycles. The van der Waals surface area contributed by atoms with Crippen LogP contribution in [0.1, 0.15) is 6.92 Å². The van der Waals surface area contributed by atoms with E-state index in [1.54, 1.807) is 6.92 Å². The van der Waals surface area contributed by atoms with Crippen LogP contribution in [-0.2, 0) is 4.79 Å². The molecule has 0 aliphatic rings. The second-order valence-electron chi connectivity index (χ2n) is 4.41. The van der Waals surface area contributed by atoms with Crippen molar-refractivity contribution in [1.82, 2.24) is 5.32 Å². The molecule has 0 unspecified atom stereocenters. The number of benzene rings is 2. The molecular weight excluding hydrogens is 276 g/mol. The van der Waals surface area contributed by atoms with E-state index in [0.29, 0.717) is 13.2 Å². The zero-order valence-electron chi connectivity index (χ0n) is 11.3. The molecule has 0 aromatic heterocycles. The van der Waals surface area contributed by atoms with Crippen molar-refractivity contribution in [2.75, 3.05) is 13.2 Å². The summed E-state index contributed by atoms with van der Waals surface area (Å²) in [6, 6.07) is 13.5. The van der Waals surface area contributed by atoms with Gasteiger partial charge >= 0.3 is 0 Å². The van der Waals surface area contributed by atoms with Crippen molar-refractivity contribution in [1.29, 1.82) is 0 Å². The van der Waals surface area contributed by atoms with Crippen molar-refractivity contribution >= 4 is 29.1 Å². The Morgan fingerprint density at radius 1 is 1.25 bits per heavy atom. The Morgan fingerprint density at radius 2 is 1.95 bits per heavy atom. The van der Waals surface area contributed by atoms with Gasteiger partial charge in [-0.05, 0) is 18.4 Å². The molecule has 2 aromatic rings. The second kappa shape index (κ2) is 7.72. The van der Waals surface area contributed by atoms with E-state index in [1.807, 2.05) is 42.5 Å². The molecule has 5 heteroatoms. The number of rotatable bonds is 5. The fourth-order valence-electron chi connectivity index (χ4n) is 1.82. The first-order valence-corrected chi connectivity index (χ1v) is 6.32. The van der Waals surface area contributed by atoms with Crippen LogP contribution in [0.25, 0.3) is 10.8 Å². The number of carbonyl (C=O) groups is 1. The summed E-state index contributed by atoms with van der Waals surface area (Å²) >= 11 is 0.